The summed E-state index contributed by atoms with van der Waals surface area (Å²) in [5.74, 6) is -1.33. The number of carboxylic acids is 1. The average Bonchev–Trinajstić information content (AvgIpc) is 3.12. The first-order chi connectivity index (χ1) is 16.6. The monoisotopic (exact) mass is 481 g/mol. The van der Waals surface area contributed by atoms with Crippen molar-refractivity contribution in [1.82, 2.24) is 15.1 Å². The van der Waals surface area contributed by atoms with Gasteiger partial charge in [0.05, 0.1) is 0 Å². The van der Waals surface area contributed by atoms with E-state index >= 15 is 0 Å². The zero-order chi connectivity index (χ0) is 25.6. The summed E-state index contributed by atoms with van der Waals surface area (Å²) >= 11 is 0. The second-order valence-corrected chi connectivity index (χ2v) is 9.85. The standard InChI is InChI=1S/C27H35N3O5/c1-27(2,14-13-24(31)30(17-25(32)33)16-15-29(3)4)28-26(34)35-18-23-21-11-7-5-9-19(21)20-10-6-8-12-22(20)23/h5-12,23H,13-18H2,1-4H3,(H,28,34)(H,32,33). The summed E-state index contributed by atoms with van der Waals surface area (Å²) in [4.78, 5) is 39.7. The van der Waals surface area contributed by atoms with E-state index in [1.165, 1.54) is 4.90 Å². The molecule has 8 nitrogen and oxygen atoms in total. The molecule has 0 saturated heterocycles. The van der Waals surface area contributed by atoms with E-state index in [4.69, 9.17) is 9.84 Å². The molecule has 0 fully saturated rings. The Labute approximate surface area is 206 Å². The van der Waals surface area contributed by atoms with Crippen molar-refractivity contribution in [2.75, 3.05) is 40.3 Å². The second kappa shape index (κ2) is 11.4. The number of benzene rings is 2. The van der Waals surface area contributed by atoms with Crippen LogP contribution >= 0.6 is 0 Å². The molecular formula is C27H35N3O5. The molecule has 0 heterocycles. The molecule has 1 aliphatic carbocycles. The number of likely N-dealkylation sites (N-methyl/N-ethyl adjacent to an activating group) is 1. The van der Waals surface area contributed by atoms with Crippen LogP contribution in [0.2, 0.25) is 0 Å². The Balaban J connectivity index is 1.54. The number of amides is 2. The minimum absolute atomic E-state index is 0.0286. The van der Waals surface area contributed by atoms with Crippen LogP contribution in [-0.4, -0.2) is 78.8 Å². The van der Waals surface area contributed by atoms with Crippen LogP contribution < -0.4 is 5.32 Å². The molecule has 0 unspecified atom stereocenters. The summed E-state index contributed by atoms with van der Waals surface area (Å²) < 4.78 is 5.62. The maximum Gasteiger partial charge on any atom is 0.407 e. The smallest absolute Gasteiger partial charge is 0.407 e. The number of carboxylic acid groups (broad SMARTS) is 1. The van der Waals surface area contributed by atoms with Crippen molar-refractivity contribution >= 4 is 18.0 Å². The molecule has 0 bridgehead atoms. The van der Waals surface area contributed by atoms with Crippen LogP contribution in [0.25, 0.3) is 11.1 Å². The molecule has 0 saturated carbocycles. The first-order valence-electron chi connectivity index (χ1n) is 11.8. The molecule has 188 valence electrons. The number of nitrogens with one attached hydrogen (secondary N) is 1. The molecule has 2 N–H and O–H groups in total. The zero-order valence-electron chi connectivity index (χ0n) is 20.9. The summed E-state index contributed by atoms with van der Waals surface area (Å²) in [6.45, 7) is 4.42. The maximum absolute atomic E-state index is 12.7. The number of fused-ring (bicyclic) bond motifs is 3. The number of nitrogens with zero attached hydrogens (tertiary/aromatic N) is 2. The number of ether oxygens (including phenoxy) is 1. The van der Waals surface area contributed by atoms with Crippen molar-refractivity contribution in [3.63, 3.8) is 0 Å². The highest BCUT2D eigenvalue weighted by Crippen LogP contribution is 2.44. The van der Waals surface area contributed by atoms with Gasteiger partial charge in [-0.3, -0.25) is 9.59 Å². The molecule has 2 amide bonds. The van der Waals surface area contributed by atoms with Crippen molar-refractivity contribution in [3.8, 4) is 11.1 Å². The molecule has 3 rings (SSSR count). The first-order valence-corrected chi connectivity index (χ1v) is 11.8. The molecule has 2 aromatic rings. The Hall–Kier alpha value is -3.39. The summed E-state index contributed by atoms with van der Waals surface area (Å²) in [6.07, 6.45) is -0.0646. The number of hydrogen-bond donors (Lipinski definition) is 2. The lowest BCUT2D eigenvalue weighted by atomic mass is 9.98. The van der Waals surface area contributed by atoms with Gasteiger partial charge in [0.15, 0.2) is 0 Å². The van der Waals surface area contributed by atoms with Crippen LogP contribution in [0.4, 0.5) is 4.79 Å². The second-order valence-electron chi connectivity index (χ2n) is 9.85. The van der Waals surface area contributed by atoms with Crippen molar-refractivity contribution in [1.29, 1.82) is 0 Å². The van der Waals surface area contributed by atoms with Gasteiger partial charge in [0.2, 0.25) is 5.91 Å². The van der Waals surface area contributed by atoms with Crippen molar-refractivity contribution < 1.29 is 24.2 Å². The van der Waals surface area contributed by atoms with Crippen LogP contribution in [0.5, 0.6) is 0 Å². The number of aliphatic carboxylic acids is 1. The molecule has 8 heteroatoms. The van der Waals surface area contributed by atoms with Crippen molar-refractivity contribution in [2.45, 2.75) is 38.1 Å². The third-order valence-electron chi connectivity index (χ3n) is 6.24. The Morgan fingerprint density at radius 2 is 1.54 bits per heavy atom. The van der Waals surface area contributed by atoms with Gasteiger partial charge in [-0.1, -0.05) is 48.5 Å². The number of rotatable bonds is 11. The van der Waals surface area contributed by atoms with Crippen LogP contribution in [0.3, 0.4) is 0 Å². The van der Waals surface area contributed by atoms with E-state index in [9.17, 15) is 14.4 Å². The predicted molar refractivity (Wildman–Crippen MR) is 134 cm³/mol. The fourth-order valence-electron chi connectivity index (χ4n) is 4.33. The summed E-state index contributed by atoms with van der Waals surface area (Å²) in [5, 5.41) is 12.0. The van der Waals surface area contributed by atoms with Crippen molar-refractivity contribution in [3.05, 3.63) is 59.7 Å². The lowest BCUT2D eigenvalue weighted by Crippen LogP contribution is -2.46. The SMILES string of the molecule is CN(C)CCN(CC(=O)O)C(=O)CCC(C)(C)NC(=O)OCC1c2ccccc2-c2ccccc21. The number of carbonyl (C=O) groups is 3. The molecular weight excluding hydrogens is 446 g/mol. The van der Waals surface area contributed by atoms with Crippen LogP contribution in [0.1, 0.15) is 43.7 Å². The van der Waals surface area contributed by atoms with Gasteiger partial charge in [-0.15, -0.1) is 0 Å². The summed E-state index contributed by atoms with van der Waals surface area (Å²) in [6, 6.07) is 16.3. The van der Waals surface area contributed by atoms with E-state index in [1.54, 1.807) is 0 Å². The molecule has 2 aromatic carbocycles. The van der Waals surface area contributed by atoms with Crippen LogP contribution in [0.15, 0.2) is 48.5 Å². The lowest BCUT2D eigenvalue weighted by molar-refractivity contribution is -0.144. The Kier molecular flexibility index (Phi) is 8.51. The molecule has 0 aromatic heterocycles. The largest absolute Gasteiger partial charge is 0.480 e. The minimum atomic E-state index is -1.05. The van der Waals surface area contributed by atoms with E-state index in [2.05, 4.69) is 29.6 Å². The third-order valence-corrected chi connectivity index (χ3v) is 6.24. The van der Waals surface area contributed by atoms with Gasteiger partial charge >= 0.3 is 12.1 Å². The molecule has 0 aliphatic heterocycles. The number of alkyl carbamates (subject to hydrolysis) is 1. The molecule has 0 radical (unpaired) electrons. The van der Waals surface area contributed by atoms with Gasteiger partial charge in [-0.05, 0) is 56.6 Å². The summed E-state index contributed by atoms with van der Waals surface area (Å²) in [7, 11) is 3.73. The van der Waals surface area contributed by atoms with Gasteiger partial charge < -0.3 is 25.0 Å². The van der Waals surface area contributed by atoms with Crippen molar-refractivity contribution in [2.24, 2.45) is 0 Å². The number of carbonyl (C=O) groups excluding carboxylic acids is 2. The van der Waals surface area contributed by atoms with E-state index in [-0.39, 0.29) is 31.4 Å². The van der Waals surface area contributed by atoms with Gasteiger partial charge in [0.1, 0.15) is 13.2 Å². The van der Waals surface area contributed by atoms with Gasteiger partial charge in [0, 0.05) is 31.0 Å². The quantitative estimate of drug-likeness (QED) is 0.509. The van der Waals surface area contributed by atoms with Gasteiger partial charge in [0.25, 0.3) is 0 Å². The van der Waals surface area contributed by atoms with Gasteiger partial charge in [-0.2, -0.15) is 0 Å². The van der Waals surface area contributed by atoms with Gasteiger partial charge in [-0.25, -0.2) is 4.79 Å². The fraction of sp³-hybridized carbons (Fsp3) is 0.444. The lowest BCUT2D eigenvalue weighted by Gasteiger charge is -2.28. The van der Waals surface area contributed by atoms with E-state index in [1.807, 2.05) is 57.1 Å². The maximum atomic E-state index is 12.7. The van der Waals surface area contributed by atoms with Crippen LogP contribution in [0, 0.1) is 0 Å². The highest BCUT2D eigenvalue weighted by Gasteiger charge is 2.30. The highest BCUT2D eigenvalue weighted by atomic mass is 16.5. The topological polar surface area (TPSA) is 99.2 Å². The van der Waals surface area contributed by atoms with E-state index < -0.39 is 17.6 Å². The molecule has 0 atom stereocenters. The zero-order valence-corrected chi connectivity index (χ0v) is 20.9. The molecule has 1 aliphatic rings. The van der Waals surface area contributed by atoms with E-state index in [0.717, 1.165) is 22.3 Å². The highest BCUT2D eigenvalue weighted by molar-refractivity contribution is 5.81. The Morgan fingerprint density at radius 1 is 0.971 bits per heavy atom. The molecule has 35 heavy (non-hydrogen) atoms. The first kappa shape index (κ1) is 26.2. The fourth-order valence-corrected chi connectivity index (χ4v) is 4.33. The summed E-state index contributed by atoms with van der Waals surface area (Å²) in [5.41, 5.74) is 3.91. The molecule has 0 spiro atoms. The average molecular weight is 482 g/mol. The predicted octanol–water partition coefficient (Wildman–Crippen LogP) is 3.56. The normalized spacial score (nSPS) is 12.7. The minimum Gasteiger partial charge on any atom is -0.480 e. The third kappa shape index (κ3) is 7.05. The number of hydrogen-bond acceptors (Lipinski definition) is 5. The van der Waals surface area contributed by atoms with Crippen LogP contribution in [-0.2, 0) is 14.3 Å². The Morgan fingerprint density at radius 3 is 2.09 bits per heavy atom. The Bertz CT molecular complexity index is 1020. The van der Waals surface area contributed by atoms with E-state index in [0.29, 0.717) is 19.5 Å².